The average Bonchev–Trinajstić information content (AvgIpc) is 2.90. The predicted molar refractivity (Wildman–Crippen MR) is 74.6 cm³/mol. The highest BCUT2D eigenvalue weighted by molar-refractivity contribution is 6.01. The molecule has 4 heteroatoms. The monoisotopic (exact) mass is 276 g/mol. The summed E-state index contributed by atoms with van der Waals surface area (Å²) >= 11 is 0. The van der Waals surface area contributed by atoms with Crippen molar-refractivity contribution in [1.29, 1.82) is 0 Å². The number of methoxy groups -OCH3 is 1. The molecule has 20 heavy (non-hydrogen) atoms. The number of rotatable bonds is 6. The summed E-state index contributed by atoms with van der Waals surface area (Å²) in [6.45, 7) is 2.03. The van der Waals surface area contributed by atoms with Crippen molar-refractivity contribution in [3.63, 3.8) is 0 Å². The molecule has 0 saturated carbocycles. The van der Waals surface area contributed by atoms with Gasteiger partial charge in [-0.15, -0.1) is 0 Å². The fraction of sp³-hybridized carbons (Fsp3) is 0.500. The van der Waals surface area contributed by atoms with Gasteiger partial charge >= 0.3 is 5.97 Å². The fourth-order valence-corrected chi connectivity index (χ4v) is 2.49. The summed E-state index contributed by atoms with van der Waals surface area (Å²) in [6.07, 6.45) is 2.26. The number of ether oxygens (including phenoxy) is 2. The van der Waals surface area contributed by atoms with Crippen LogP contribution in [0.1, 0.15) is 31.7 Å². The van der Waals surface area contributed by atoms with Gasteiger partial charge in [0.25, 0.3) is 0 Å². The smallest absolute Gasteiger partial charge is 0.316 e. The summed E-state index contributed by atoms with van der Waals surface area (Å²) < 4.78 is 10.4. The molecule has 1 aliphatic rings. The highest BCUT2D eigenvalue weighted by Crippen LogP contribution is 2.30. The van der Waals surface area contributed by atoms with Crippen molar-refractivity contribution in [3.05, 3.63) is 29.8 Å². The molecule has 0 fully saturated rings. The Hall–Kier alpha value is -1.84. The number of carbonyl (C=O) groups excluding carboxylic acids is 2. The number of esters is 1. The predicted octanol–water partition coefficient (Wildman–Crippen LogP) is 2.54. The second-order valence-corrected chi connectivity index (χ2v) is 5.04. The Balaban J connectivity index is 2.08. The van der Waals surface area contributed by atoms with E-state index < -0.39 is 18.0 Å². The number of fused-ring (bicyclic) bond motifs is 1. The van der Waals surface area contributed by atoms with Crippen LogP contribution in [-0.4, -0.2) is 25.0 Å². The molecule has 0 amide bonds. The Morgan fingerprint density at radius 2 is 2.15 bits per heavy atom. The number of hydrogen-bond acceptors (Lipinski definition) is 4. The minimum Gasteiger partial charge on any atom is -0.482 e. The number of unbranched alkanes of at least 4 members (excludes halogenated alkanes) is 1. The molecule has 0 aromatic heterocycles. The van der Waals surface area contributed by atoms with E-state index in [9.17, 15) is 9.59 Å². The first kappa shape index (κ1) is 14.6. The Labute approximate surface area is 119 Å². The summed E-state index contributed by atoms with van der Waals surface area (Å²) in [4.78, 5) is 24.3. The Morgan fingerprint density at radius 3 is 2.80 bits per heavy atom. The van der Waals surface area contributed by atoms with E-state index in [2.05, 4.69) is 0 Å². The summed E-state index contributed by atoms with van der Waals surface area (Å²) in [7, 11) is 1.32. The molecule has 0 saturated heterocycles. The van der Waals surface area contributed by atoms with Crippen LogP contribution in [0.25, 0.3) is 0 Å². The van der Waals surface area contributed by atoms with Crippen LogP contribution >= 0.6 is 0 Å². The lowest BCUT2D eigenvalue weighted by Crippen LogP contribution is -2.36. The standard InChI is InChI=1S/C16H20O4/c1-3-4-8-12(16(18)19-2)15(17)14-10-11-7-5-6-9-13(11)20-14/h5-7,9,12,14H,3-4,8,10H2,1-2H3. The van der Waals surface area contributed by atoms with E-state index in [1.165, 1.54) is 7.11 Å². The number of ketones is 1. The van der Waals surface area contributed by atoms with Gasteiger partial charge in [0.05, 0.1) is 7.11 Å². The summed E-state index contributed by atoms with van der Waals surface area (Å²) in [5.41, 5.74) is 1.02. The molecule has 0 bridgehead atoms. The zero-order chi connectivity index (χ0) is 14.5. The SMILES string of the molecule is CCCCC(C(=O)OC)C(=O)C1Cc2ccccc2O1. The molecule has 0 N–H and O–H groups in total. The van der Waals surface area contributed by atoms with Crippen LogP contribution in [0.15, 0.2) is 24.3 Å². The molecule has 0 spiro atoms. The van der Waals surface area contributed by atoms with E-state index in [1.807, 2.05) is 31.2 Å². The van der Waals surface area contributed by atoms with E-state index in [4.69, 9.17) is 9.47 Å². The van der Waals surface area contributed by atoms with Crippen LogP contribution < -0.4 is 4.74 Å². The van der Waals surface area contributed by atoms with Crippen LogP contribution in [0.3, 0.4) is 0 Å². The highest BCUT2D eigenvalue weighted by Gasteiger charge is 2.37. The van der Waals surface area contributed by atoms with Crippen molar-refractivity contribution in [1.82, 2.24) is 0 Å². The lowest BCUT2D eigenvalue weighted by atomic mass is 9.92. The lowest BCUT2D eigenvalue weighted by molar-refractivity contribution is -0.151. The second-order valence-electron chi connectivity index (χ2n) is 5.04. The maximum atomic E-state index is 12.5. The topological polar surface area (TPSA) is 52.6 Å². The van der Waals surface area contributed by atoms with Gasteiger partial charge in [-0.2, -0.15) is 0 Å². The van der Waals surface area contributed by atoms with Crippen molar-refractivity contribution < 1.29 is 19.1 Å². The van der Waals surface area contributed by atoms with Crippen molar-refractivity contribution in [3.8, 4) is 5.75 Å². The van der Waals surface area contributed by atoms with Gasteiger partial charge < -0.3 is 9.47 Å². The molecule has 1 heterocycles. The number of hydrogen-bond donors (Lipinski definition) is 0. The van der Waals surface area contributed by atoms with Gasteiger partial charge in [-0.25, -0.2) is 0 Å². The van der Waals surface area contributed by atoms with Gasteiger partial charge in [-0.05, 0) is 18.1 Å². The van der Waals surface area contributed by atoms with Crippen molar-refractivity contribution in [2.24, 2.45) is 5.92 Å². The maximum Gasteiger partial charge on any atom is 0.316 e. The summed E-state index contributed by atoms with van der Waals surface area (Å²) in [5, 5.41) is 0. The van der Waals surface area contributed by atoms with Gasteiger partial charge in [0.2, 0.25) is 0 Å². The first-order valence-electron chi connectivity index (χ1n) is 7.03. The van der Waals surface area contributed by atoms with Gasteiger partial charge in [0.1, 0.15) is 11.7 Å². The van der Waals surface area contributed by atoms with Crippen LogP contribution in [0.2, 0.25) is 0 Å². The van der Waals surface area contributed by atoms with Crippen LogP contribution in [0.5, 0.6) is 5.75 Å². The molecule has 1 aliphatic heterocycles. The minimum atomic E-state index is -0.709. The van der Waals surface area contributed by atoms with Crippen LogP contribution in [0.4, 0.5) is 0 Å². The number of para-hydroxylation sites is 1. The zero-order valence-corrected chi connectivity index (χ0v) is 11.9. The first-order chi connectivity index (χ1) is 9.67. The van der Waals surface area contributed by atoms with Crippen molar-refractivity contribution >= 4 is 11.8 Å². The zero-order valence-electron chi connectivity index (χ0n) is 11.9. The third-order valence-electron chi connectivity index (χ3n) is 3.64. The van der Waals surface area contributed by atoms with E-state index in [-0.39, 0.29) is 5.78 Å². The third kappa shape index (κ3) is 3.00. The van der Waals surface area contributed by atoms with E-state index in [0.29, 0.717) is 12.8 Å². The minimum absolute atomic E-state index is 0.165. The summed E-state index contributed by atoms with van der Waals surface area (Å²) in [6, 6.07) is 7.59. The van der Waals surface area contributed by atoms with Gasteiger partial charge in [0.15, 0.2) is 11.9 Å². The molecule has 108 valence electrons. The molecule has 2 atom stereocenters. The van der Waals surface area contributed by atoms with E-state index in [1.54, 1.807) is 0 Å². The first-order valence-corrected chi connectivity index (χ1v) is 7.03. The molecule has 4 nitrogen and oxygen atoms in total. The highest BCUT2D eigenvalue weighted by atomic mass is 16.5. The number of carbonyl (C=O) groups is 2. The maximum absolute atomic E-state index is 12.5. The molecule has 1 aromatic rings. The largest absolute Gasteiger partial charge is 0.482 e. The normalized spacial score (nSPS) is 18.0. The molecule has 2 rings (SSSR count). The number of benzene rings is 1. The molecular weight excluding hydrogens is 256 g/mol. The lowest BCUT2D eigenvalue weighted by Gasteiger charge is -2.17. The molecule has 0 aliphatic carbocycles. The molecule has 1 aromatic carbocycles. The van der Waals surface area contributed by atoms with Crippen molar-refractivity contribution in [2.75, 3.05) is 7.11 Å². The van der Waals surface area contributed by atoms with Crippen molar-refractivity contribution in [2.45, 2.75) is 38.7 Å². The molecule has 2 unspecified atom stereocenters. The van der Waals surface area contributed by atoms with E-state index in [0.717, 1.165) is 24.2 Å². The number of Topliss-reactive ketones (excluding diaryl/α,β-unsaturated/α-hetero) is 1. The molecule has 0 radical (unpaired) electrons. The van der Waals surface area contributed by atoms with Gasteiger partial charge in [-0.3, -0.25) is 9.59 Å². The van der Waals surface area contributed by atoms with Crippen LogP contribution in [0, 0.1) is 5.92 Å². The van der Waals surface area contributed by atoms with Crippen LogP contribution in [-0.2, 0) is 20.7 Å². The summed E-state index contributed by atoms with van der Waals surface area (Å²) in [5.74, 6) is -0.589. The second kappa shape index (κ2) is 6.55. The third-order valence-corrected chi connectivity index (χ3v) is 3.64. The Morgan fingerprint density at radius 1 is 1.40 bits per heavy atom. The van der Waals surface area contributed by atoms with Gasteiger partial charge in [-0.1, -0.05) is 38.0 Å². The Bertz CT molecular complexity index is 470. The average molecular weight is 276 g/mol. The fourth-order valence-electron chi connectivity index (χ4n) is 2.49. The van der Waals surface area contributed by atoms with E-state index >= 15 is 0 Å². The molecular formula is C16H20O4. The quantitative estimate of drug-likeness (QED) is 0.592. The van der Waals surface area contributed by atoms with Gasteiger partial charge in [0, 0.05) is 6.42 Å². The Kier molecular flexibility index (Phi) is 4.77.